The van der Waals surface area contributed by atoms with Gasteiger partial charge in [0.25, 0.3) is 0 Å². The number of halogens is 3. The van der Waals surface area contributed by atoms with Crippen LogP contribution in [0.2, 0.25) is 0 Å². The Morgan fingerprint density at radius 3 is 2.34 bits per heavy atom. The number of ketones is 1. The minimum atomic E-state index is -5.08. The number of hydrogen-bond donors (Lipinski definition) is 5. The number of carbonyl (C=O) groups excluding carboxylic acids is 3. The molecule has 5 N–H and O–H groups in total. The van der Waals surface area contributed by atoms with Crippen LogP contribution in [0.1, 0.15) is 37.7 Å². The van der Waals surface area contributed by atoms with Crippen LogP contribution < -0.4 is 16.0 Å². The van der Waals surface area contributed by atoms with E-state index in [1.807, 2.05) is 36.6 Å². The highest BCUT2D eigenvalue weighted by molar-refractivity contribution is 7.98. The van der Waals surface area contributed by atoms with Gasteiger partial charge in [-0.1, -0.05) is 30.3 Å². The van der Waals surface area contributed by atoms with Crippen molar-refractivity contribution in [1.29, 1.82) is 0 Å². The molecule has 4 atom stereocenters. The largest absolute Gasteiger partial charge is 0.490 e. The van der Waals surface area contributed by atoms with Crippen LogP contribution in [0.25, 0.3) is 0 Å². The highest BCUT2D eigenvalue weighted by atomic mass is 32.2. The van der Waals surface area contributed by atoms with E-state index < -0.39 is 47.7 Å². The Morgan fingerprint density at radius 1 is 1.20 bits per heavy atom. The summed E-state index contributed by atoms with van der Waals surface area (Å²) in [6.45, 7) is 0.604. The van der Waals surface area contributed by atoms with Gasteiger partial charge in [0.15, 0.2) is 5.78 Å². The number of thioether (sulfide) groups is 1. The van der Waals surface area contributed by atoms with E-state index in [1.165, 1.54) is 11.8 Å². The van der Waals surface area contributed by atoms with Gasteiger partial charge in [0.05, 0.1) is 12.6 Å². The third kappa shape index (κ3) is 10.6. The molecule has 0 aliphatic carbocycles. The summed E-state index contributed by atoms with van der Waals surface area (Å²) in [5, 5.41) is 25.2. The summed E-state index contributed by atoms with van der Waals surface area (Å²) in [5.41, 5.74) is -0.121. The Bertz CT molecular complexity index is 1070. The molecule has 0 radical (unpaired) electrons. The Morgan fingerprint density at radius 2 is 1.85 bits per heavy atom. The number of amides is 2. The molecule has 0 aromatic heterocycles. The first-order valence-electron chi connectivity index (χ1n) is 12.9. The zero-order valence-electron chi connectivity index (χ0n) is 22.4. The molecule has 11 nitrogen and oxygen atoms in total. The number of aliphatic carboxylic acids is 2. The van der Waals surface area contributed by atoms with E-state index in [0.29, 0.717) is 38.0 Å². The lowest BCUT2D eigenvalue weighted by atomic mass is 9.87. The summed E-state index contributed by atoms with van der Waals surface area (Å²) in [6.07, 6.45) is -1.55. The number of rotatable bonds is 13. The monoisotopic (exact) mass is 605 g/mol. The van der Waals surface area contributed by atoms with Crippen molar-refractivity contribution in [2.24, 2.45) is 0 Å². The zero-order chi connectivity index (χ0) is 30.6. The van der Waals surface area contributed by atoms with E-state index >= 15 is 0 Å². The molecule has 2 heterocycles. The smallest absolute Gasteiger partial charge is 0.480 e. The Balaban J connectivity index is 0.000000745. The van der Waals surface area contributed by atoms with Gasteiger partial charge in [-0.3, -0.25) is 14.4 Å². The van der Waals surface area contributed by atoms with Crippen molar-refractivity contribution < 1.29 is 52.1 Å². The zero-order valence-corrected chi connectivity index (χ0v) is 23.2. The fourth-order valence-corrected chi connectivity index (χ4v) is 4.88. The molecule has 2 aliphatic heterocycles. The SMILES string of the molecule is CSCC[C@H](NC(=O)C(Cc1ccccc1)OC[C@]1(C(=O)[C@@H]2CCC(=O)N2)CCCN1)C(=O)O.O=C(O)C(F)(F)F. The highest BCUT2D eigenvalue weighted by Gasteiger charge is 2.46. The molecule has 2 amide bonds. The number of Topliss-reactive ketones (excluding diaryl/α,β-unsaturated/α-hetero) is 1. The van der Waals surface area contributed by atoms with Gasteiger partial charge in [-0.25, -0.2) is 9.59 Å². The Kier molecular flexibility index (Phi) is 13.1. The molecule has 0 bridgehead atoms. The topological polar surface area (TPSA) is 171 Å². The number of carboxylic acids is 2. The van der Waals surface area contributed by atoms with Crippen molar-refractivity contribution in [2.45, 2.75) is 68.4 Å². The second kappa shape index (κ2) is 15.7. The van der Waals surface area contributed by atoms with Gasteiger partial charge < -0.3 is 30.9 Å². The maximum Gasteiger partial charge on any atom is 0.490 e. The van der Waals surface area contributed by atoms with Crippen LogP contribution in [-0.2, 0) is 35.1 Å². The summed E-state index contributed by atoms with van der Waals surface area (Å²) in [6, 6.07) is 7.74. The van der Waals surface area contributed by atoms with Crippen molar-refractivity contribution in [3.8, 4) is 0 Å². The number of hydrogen-bond acceptors (Lipinski definition) is 8. The minimum Gasteiger partial charge on any atom is -0.480 e. The third-order valence-electron chi connectivity index (χ3n) is 6.58. The maximum atomic E-state index is 13.3. The normalized spacial score (nSPS) is 21.7. The molecular formula is C26H34F3N3O8S. The summed E-state index contributed by atoms with van der Waals surface area (Å²) < 4.78 is 37.8. The van der Waals surface area contributed by atoms with E-state index in [0.717, 1.165) is 12.0 Å². The molecular weight excluding hydrogens is 571 g/mol. The molecule has 228 valence electrons. The van der Waals surface area contributed by atoms with E-state index in [9.17, 15) is 37.5 Å². The average Bonchev–Trinajstić information content (AvgIpc) is 3.58. The molecule has 2 aliphatic rings. The van der Waals surface area contributed by atoms with Crippen LogP contribution in [-0.4, -0.2) is 94.8 Å². The first-order valence-corrected chi connectivity index (χ1v) is 14.2. The van der Waals surface area contributed by atoms with Crippen LogP contribution in [0.3, 0.4) is 0 Å². The van der Waals surface area contributed by atoms with Crippen LogP contribution in [0.4, 0.5) is 13.2 Å². The third-order valence-corrected chi connectivity index (χ3v) is 7.23. The van der Waals surface area contributed by atoms with Gasteiger partial charge in [-0.2, -0.15) is 24.9 Å². The predicted molar refractivity (Wildman–Crippen MR) is 142 cm³/mol. The lowest BCUT2D eigenvalue weighted by Gasteiger charge is -2.32. The molecule has 15 heteroatoms. The molecule has 1 unspecified atom stereocenters. The van der Waals surface area contributed by atoms with Crippen molar-refractivity contribution in [3.63, 3.8) is 0 Å². The van der Waals surface area contributed by atoms with Crippen molar-refractivity contribution >= 4 is 41.3 Å². The molecule has 1 aromatic rings. The number of alkyl halides is 3. The summed E-state index contributed by atoms with van der Waals surface area (Å²) >= 11 is 1.51. The number of carboxylic acid groups (broad SMARTS) is 2. The van der Waals surface area contributed by atoms with Crippen LogP contribution in [0.15, 0.2) is 30.3 Å². The lowest BCUT2D eigenvalue weighted by Crippen LogP contribution is -2.58. The summed E-state index contributed by atoms with van der Waals surface area (Å²) in [5.74, 6) is -4.05. The second-order valence-electron chi connectivity index (χ2n) is 9.61. The minimum absolute atomic E-state index is 0.0360. The predicted octanol–water partition coefficient (Wildman–Crippen LogP) is 1.54. The van der Waals surface area contributed by atoms with E-state index in [2.05, 4.69) is 16.0 Å². The van der Waals surface area contributed by atoms with Crippen LogP contribution in [0, 0.1) is 0 Å². The summed E-state index contributed by atoms with van der Waals surface area (Å²) in [4.78, 5) is 58.6. The summed E-state index contributed by atoms with van der Waals surface area (Å²) in [7, 11) is 0. The van der Waals surface area contributed by atoms with Gasteiger partial charge in [0, 0.05) is 12.8 Å². The standard InChI is InChI=1S/C24H33N3O6S.C2HF3O2/c1-34-13-10-18(23(31)32)27-22(30)19(14-16-6-3-2-4-7-16)33-15-24(11-5-12-25-24)21(29)17-8-9-20(28)26-17;3-2(4,5)1(6)7/h2-4,6-7,17-19,25H,5,8-15H2,1H3,(H,26,28)(H,27,30)(H,31,32);(H,6,7)/t17-,18-,19?,24-;/m0./s1. The van der Waals surface area contributed by atoms with Gasteiger partial charge in [0.2, 0.25) is 11.8 Å². The van der Waals surface area contributed by atoms with E-state index in [-0.39, 0.29) is 24.7 Å². The Hall–Kier alpha value is -3.17. The van der Waals surface area contributed by atoms with E-state index in [4.69, 9.17) is 14.6 Å². The van der Waals surface area contributed by atoms with Crippen molar-refractivity contribution in [3.05, 3.63) is 35.9 Å². The van der Waals surface area contributed by atoms with Gasteiger partial charge in [-0.05, 0) is 49.8 Å². The van der Waals surface area contributed by atoms with Gasteiger partial charge in [-0.15, -0.1) is 0 Å². The molecule has 41 heavy (non-hydrogen) atoms. The van der Waals surface area contributed by atoms with Crippen LogP contribution in [0.5, 0.6) is 0 Å². The fourth-order valence-electron chi connectivity index (χ4n) is 4.41. The first kappa shape index (κ1) is 34.0. The van der Waals surface area contributed by atoms with Gasteiger partial charge in [0.1, 0.15) is 17.7 Å². The number of benzene rings is 1. The second-order valence-corrected chi connectivity index (χ2v) is 10.6. The first-order chi connectivity index (χ1) is 19.3. The number of carbonyl (C=O) groups is 5. The molecule has 3 rings (SSSR count). The molecule has 2 saturated heterocycles. The van der Waals surface area contributed by atoms with E-state index in [1.54, 1.807) is 0 Å². The number of nitrogens with one attached hydrogen (secondary N) is 3. The van der Waals surface area contributed by atoms with Gasteiger partial charge >= 0.3 is 18.1 Å². The van der Waals surface area contributed by atoms with Crippen molar-refractivity contribution in [2.75, 3.05) is 25.2 Å². The molecule has 1 aromatic carbocycles. The quantitative estimate of drug-likeness (QED) is 0.222. The molecule has 0 saturated carbocycles. The lowest BCUT2D eigenvalue weighted by molar-refractivity contribution is -0.192. The van der Waals surface area contributed by atoms with Crippen LogP contribution >= 0.6 is 11.8 Å². The van der Waals surface area contributed by atoms with Crippen molar-refractivity contribution in [1.82, 2.24) is 16.0 Å². The Labute approximate surface area is 239 Å². The average molecular weight is 606 g/mol. The maximum absolute atomic E-state index is 13.3. The molecule has 2 fully saturated rings. The fraction of sp³-hybridized carbons (Fsp3) is 0.577. The number of ether oxygens (including phenoxy) is 1. The highest BCUT2D eigenvalue weighted by Crippen LogP contribution is 2.26. The molecule has 0 spiro atoms.